The molecule has 2 aromatic rings. The molecule has 0 aliphatic rings. The molecule has 0 unspecified atom stereocenters. The summed E-state index contributed by atoms with van der Waals surface area (Å²) in [6.45, 7) is 6.99. The van der Waals surface area contributed by atoms with E-state index < -0.39 is 0 Å². The summed E-state index contributed by atoms with van der Waals surface area (Å²) in [6.07, 6.45) is 1.04. The summed E-state index contributed by atoms with van der Waals surface area (Å²) < 4.78 is 1.48. The minimum Gasteiger partial charge on any atom is -0.354 e. The van der Waals surface area contributed by atoms with Crippen LogP contribution in [0.3, 0.4) is 0 Å². The minimum absolute atomic E-state index is 0.247. The smallest absolute Gasteiger partial charge is 0.349 e. The van der Waals surface area contributed by atoms with Gasteiger partial charge in [-0.1, -0.05) is 15.9 Å². The number of rotatable bonds is 5. The predicted octanol–water partition coefficient (Wildman–Crippen LogP) is 1.73. The zero-order valence-electron chi connectivity index (χ0n) is 11.4. The van der Waals surface area contributed by atoms with Gasteiger partial charge in [-0.15, -0.1) is 0 Å². The van der Waals surface area contributed by atoms with E-state index in [1.807, 2.05) is 13.0 Å². The second-order valence-corrected chi connectivity index (χ2v) is 5.51. The topological polar surface area (TPSA) is 66.3 Å². The van der Waals surface area contributed by atoms with Crippen molar-refractivity contribution in [3.63, 3.8) is 0 Å². The Balaban J connectivity index is 2.45. The maximum atomic E-state index is 11.6. The fourth-order valence-corrected chi connectivity index (χ4v) is 2.35. The Morgan fingerprint density at radius 3 is 2.89 bits per heavy atom. The number of aryl methyl sites for hydroxylation is 1. The van der Waals surface area contributed by atoms with Gasteiger partial charge in [-0.2, -0.15) is 5.10 Å². The molecule has 19 heavy (non-hydrogen) atoms. The summed E-state index contributed by atoms with van der Waals surface area (Å²) in [5.74, 6) is 1.51. The average molecular weight is 328 g/mol. The summed E-state index contributed by atoms with van der Waals surface area (Å²) in [5, 5.41) is 7.42. The summed E-state index contributed by atoms with van der Waals surface area (Å²) >= 11 is 3.45. The van der Waals surface area contributed by atoms with Crippen LogP contribution in [0.5, 0.6) is 0 Å². The van der Waals surface area contributed by atoms with Crippen LogP contribution in [0.4, 0.5) is 5.82 Å². The van der Waals surface area contributed by atoms with Gasteiger partial charge >= 0.3 is 5.69 Å². The highest BCUT2D eigenvalue weighted by Gasteiger charge is 2.15. The molecule has 2 aromatic heterocycles. The highest BCUT2D eigenvalue weighted by Crippen LogP contribution is 2.17. The number of fused-ring (bicyclic) bond motifs is 1. The summed E-state index contributed by atoms with van der Waals surface area (Å²) in [5.41, 5.74) is 0.361. The number of nitrogens with one attached hydrogen (secondary N) is 1. The lowest BCUT2D eigenvalue weighted by molar-refractivity contribution is 0.662. The molecule has 0 saturated carbocycles. The second kappa shape index (κ2) is 5.73. The molecule has 0 aliphatic carbocycles. The molecule has 0 saturated heterocycles. The van der Waals surface area contributed by atoms with Gasteiger partial charge in [0.1, 0.15) is 11.6 Å². The van der Waals surface area contributed by atoms with E-state index in [1.54, 1.807) is 0 Å². The minimum atomic E-state index is -0.247. The lowest BCUT2D eigenvalue weighted by Gasteiger charge is -2.27. The lowest BCUT2D eigenvalue weighted by atomic mass is 10.3. The fraction of sp³-hybridized carbons (Fsp3) is 0.583. The first-order valence-corrected chi connectivity index (χ1v) is 7.44. The first-order valence-electron chi connectivity index (χ1n) is 6.32. The zero-order valence-corrected chi connectivity index (χ0v) is 12.9. The molecule has 6 nitrogen and oxygen atoms in total. The van der Waals surface area contributed by atoms with Gasteiger partial charge < -0.3 is 4.90 Å². The summed E-state index contributed by atoms with van der Waals surface area (Å²) in [6, 6.07) is 2.19. The molecule has 0 bridgehead atoms. The van der Waals surface area contributed by atoms with Crippen molar-refractivity contribution in [3.05, 3.63) is 22.4 Å². The number of hydrogen-bond acceptors (Lipinski definition) is 4. The Hall–Kier alpha value is -1.37. The van der Waals surface area contributed by atoms with Gasteiger partial charge in [0.25, 0.3) is 0 Å². The van der Waals surface area contributed by atoms with Crippen LogP contribution in [0.2, 0.25) is 0 Å². The van der Waals surface area contributed by atoms with Gasteiger partial charge in [0, 0.05) is 24.0 Å². The monoisotopic (exact) mass is 327 g/mol. The van der Waals surface area contributed by atoms with Crippen LogP contribution in [0.15, 0.2) is 10.9 Å². The standard InChI is InChI=1S/C12H18BrN5O/c1-8(2)17(6-4-5-13)10-7-11-15-16-12(19)18(11)9(3)14-10/h7-8H,4-6H2,1-3H3,(H,16,19). The van der Waals surface area contributed by atoms with Crippen molar-refractivity contribution in [3.8, 4) is 0 Å². The Morgan fingerprint density at radius 2 is 2.26 bits per heavy atom. The first-order chi connectivity index (χ1) is 9.04. The van der Waals surface area contributed by atoms with Gasteiger partial charge in [0.05, 0.1) is 0 Å². The van der Waals surface area contributed by atoms with Crippen LogP contribution in [-0.2, 0) is 0 Å². The SMILES string of the molecule is Cc1nc(N(CCCBr)C(C)C)cc2n[nH]c(=O)n12. The van der Waals surface area contributed by atoms with Crippen molar-refractivity contribution < 1.29 is 0 Å². The Morgan fingerprint density at radius 1 is 1.53 bits per heavy atom. The molecule has 0 amide bonds. The quantitative estimate of drug-likeness (QED) is 0.849. The van der Waals surface area contributed by atoms with Crippen molar-refractivity contribution >= 4 is 27.4 Å². The first kappa shape index (κ1) is 14.0. The van der Waals surface area contributed by atoms with Crippen LogP contribution in [0.1, 0.15) is 26.1 Å². The maximum absolute atomic E-state index is 11.6. The van der Waals surface area contributed by atoms with Crippen LogP contribution < -0.4 is 10.6 Å². The van der Waals surface area contributed by atoms with Gasteiger partial charge in [0.2, 0.25) is 0 Å². The van der Waals surface area contributed by atoms with E-state index in [0.29, 0.717) is 17.5 Å². The van der Waals surface area contributed by atoms with Crippen molar-refractivity contribution in [2.75, 3.05) is 16.8 Å². The van der Waals surface area contributed by atoms with E-state index in [9.17, 15) is 4.79 Å². The third kappa shape index (κ3) is 2.80. The maximum Gasteiger partial charge on any atom is 0.349 e. The van der Waals surface area contributed by atoms with Gasteiger partial charge in [-0.3, -0.25) is 0 Å². The molecule has 0 spiro atoms. The van der Waals surface area contributed by atoms with E-state index in [2.05, 4.69) is 49.9 Å². The van der Waals surface area contributed by atoms with Crippen LogP contribution in [0, 0.1) is 6.92 Å². The number of halogens is 1. The summed E-state index contributed by atoms with van der Waals surface area (Å²) in [7, 11) is 0. The molecule has 0 atom stereocenters. The predicted molar refractivity (Wildman–Crippen MR) is 79.2 cm³/mol. The van der Waals surface area contributed by atoms with E-state index in [1.165, 1.54) is 4.40 Å². The molecule has 0 fully saturated rings. The Kier molecular flexibility index (Phi) is 4.24. The van der Waals surface area contributed by atoms with Crippen molar-refractivity contribution in [1.82, 2.24) is 19.6 Å². The van der Waals surface area contributed by atoms with E-state index in [-0.39, 0.29) is 5.69 Å². The molecule has 7 heteroatoms. The number of anilines is 1. The number of nitrogens with zero attached hydrogens (tertiary/aromatic N) is 4. The average Bonchev–Trinajstić information content (AvgIpc) is 2.71. The van der Waals surface area contributed by atoms with Crippen LogP contribution >= 0.6 is 15.9 Å². The number of hydrogen-bond donors (Lipinski definition) is 1. The molecule has 104 valence electrons. The number of aromatic amines is 1. The van der Waals surface area contributed by atoms with Gasteiger partial charge in [-0.25, -0.2) is 19.3 Å². The van der Waals surface area contributed by atoms with Gasteiger partial charge in [-0.05, 0) is 27.2 Å². The molecule has 0 aromatic carbocycles. The Labute approximate surface area is 120 Å². The molecule has 1 N–H and O–H groups in total. The largest absolute Gasteiger partial charge is 0.354 e. The van der Waals surface area contributed by atoms with Crippen LogP contribution in [0.25, 0.3) is 5.65 Å². The fourth-order valence-electron chi connectivity index (χ4n) is 2.10. The molecule has 0 radical (unpaired) electrons. The lowest BCUT2D eigenvalue weighted by Crippen LogP contribution is -2.33. The van der Waals surface area contributed by atoms with E-state index >= 15 is 0 Å². The normalized spacial score (nSPS) is 11.4. The number of alkyl halides is 1. The molecule has 2 heterocycles. The highest BCUT2D eigenvalue weighted by atomic mass is 79.9. The second-order valence-electron chi connectivity index (χ2n) is 4.71. The number of aromatic nitrogens is 4. The third-order valence-corrected chi connectivity index (χ3v) is 3.57. The Bertz CT molecular complexity index is 618. The van der Waals surface area contributed by atoms with E-state index in [4.69, 9.17) is 0 Å². The van der Waals surface area contributed by atoms with Gasteiger partial charge in [0.15, 0.2) is 5.65 Å². The van der Waals surface area contributed by atoms with E-state index in [0.717, 1.165) is 24.1 Å². The van der Waals surface area contributed by atoms with Crippen molar-refractivity contribution in [1.29, 1.82) is 0 Å². The zero-order chi connectivity index (χ0) is 14.0. The number of H-pyrrole nitrogens is 1. The molecular formula is C12H18BrN5O. The highest BCUT2D eigenvalue weighted by molar-refractivity contribution is 9.09. The third-order valence-electron chi connectivity index (χ3n) is 3.01. The summed E-state index contributed by atoms with van der Waals surface area (Å²) in [4.78, 5) is 18.3. The molecule has 0 aliphatic heterocycles. The van der Waals surface area contributed by atoms with Crippen molar-refractivity contribution in [2.24, 2.45) is 0 Å². The van der Waals surface area contributed by atoms with Crippen molar-refractivity contribution in [2.45, 2.75) is 33.2 Å². The molecule has 2 rings (SSSR count). The molecular weight excluding hydrogens is 310 g/mol. The van der Waals surface area contributed by atoms with Crippen LogP contribution in [-0.4, -0.2) is 37.5 Å².